The monoisotopic (exact) mass is 474 g/mol. The molecule has 29 heavy (non-hydrogen) atoms. The van der Waals surface area contributed by atoms with Gasteiger partial charge in [0.05, 0.1) is 18.0 Å². The smallest absolute Gasteiger partial charge is 0.267 e. The van der Waals surface area contributed by atoms with Crippen LogP contribution in [0.2, 0.25) is 0 Å². The second-order valence-corrected chi connectivity index (χ2v) is 8.17. The van der Waals surface area contributed by atoms with Crippen molar-refractivity contribution in [2.45, 2.75) is 13.8 Å². The summed E-state index contributed by atoms with van der Waals surface area (Å²) in [6.45, 7) is 5.40. The highest BCUT2D eigenvalue weighted by Gasteiger charge is 2.20. The van der Waals surface area contributed by atoms with Gasteiger partial charge in [0.2, 0.25) is 0 Å². The molecule has 1 aliphatic rings. The Morgan fingerprint density at radius 1 is 1.21 bits per heavy atom. The summed E-state index contributed by atoms with van der Waals surface area (Å²) in [7, 11) is 0. The van der Waals surface area contributed by atoms with Crippen molar-refractivity contribution >= 4 is 38.9 Å². The number of aromatic nitrogens is 1. The predicted molar refractivity (Wildman–Crippen MR) is 117 cm³/mol. The molecule has 1 aromatic heterocycles. The van der Waals surface area contributed by atoms with E-state index in [0.29, 0.717) is 47.6 Å². The summed E-state index contributed by atoms with van der Waals surface area (Å²) in [6.07, 6.45) is 0. The maximum Gasteiger partial charge on any atom is 0.267 e. The third-order valence-corrected chi connectivity index (χ3v) is 6.16. The van der Waals surface area contributed by atoms with Crippen LogP contribution in [0.3, 0.4) is 0 Å². The van der Waals surface area contributed by atoms with E-state index in [9.17, 15) is 4.79 Å². The molecule has 3 aromatic rings. The number of nitrogens with zero attached hydrogens (tertiary/aromatic N) is 1. The highest BCUT2D eigenvalue weighted by molar-refractivity contribution is 9.10. The van der Waals surface area contributed by atoms with Gasteiger partial charge in [0.15, 0.2) is 11.5 Å². The fourth-order valence-electron chi connectivity index (χ4n) is 2.93. The van der Waals surface area contributed by atoms with E-state index < -0.39 is 0 Å². The van der Waals surface area contributed by atoms with Crippen molar-refractivity contribution in [3.05, 3.63) is 51.4 Å². The number of rotatable bonds is 5. The van der Waals surface area contributed by atoms with E-state index in [1.807, 2.05) is 38.1 Å². The van der Waals surface area contributed by atoms with E-state index in [1.165, 1.54) is 11.3 Å². The molecule has 0 atom stereocenters. The van der Waals surface area contributed by atoms with Crippen LogP contribution in [0.1, 0.15) is 22.3 Å². The number of hydrogen-bond acceptors (Lipinski definition) is 6. The molecule has 2 heterocycles. The maximum atomic E-state index is 12.9. The molecule has 0 saturated heterocycles. The first-order valence-corrected chi connectivity index (χ1v) is 10.8. The number of fused-ring (bicyclic) bond motifs is 1. The summed E-state index contributed by atoms with van der Waals surface area (Å²) in [5.74, 6) is 1.87. The molecule has 0 bridgehead atoms. The predicted octanol–water partition coefficient (Wildman–Crippen LogP) is 5.30. The molecular formula is C21H19BrN2O4S. The van der Waals surface area contributed by atoms with Crippen molar-refractivity contribution in [3.63, 3.8) is 0 Å². The summed E-state index contributed by atoms with van der Waals surface area (Å²) in [5, 5.41) is 3.73. The quantitative estimate of drug-likeness (QED) is 0.542. The van der Waals surface area contributed by atoms with Crippen LogP contribution >= 0.6 is 27.3 Å². The summed E-state index contributed by atoms with van der Waals surface area (Å²) in [4.78, 5) is 18.0. The van der Waals surface area contributed by atoms with Crippen LogP contribution < -0.4 is 19.5 Å². The molecule has 0 fully saturated rings. The van der Waals surface area contributed by atoms with Gasteiger partial charge in [0, 0.05) is 22.2 Å². The van der Waals surface area contributed by atoms with E-state index in [2.05, 4.69) is 26.2 Å². The van der Waals surface area contributed by atoms with Crippen molar-refractivity contribution in [1.82, 2.24) is 4.98 Å². The third kappa shape index (κ3) is 4.23. The van der Waals surface area contributed by atoms with E-state index in [0.717, 1.165) is 20.8 Å². The summed E-state index contributed by atoms with van der Waals surface area (Å²) < 4.78 is 17.4. The Morgan fingerprint density at radius 2 is 1.90 bits per heavy atom. The highest BCUT2D eigenvalue weighted by Crippen LogP contribution is 2.38. The molecule has 0 spiro atoms. The molecule has 0 saturated carbocycles. The molecule has 0 radical (unpaired) electrons. The summed E-state index contributed by atoms with van der Waals surface area (Å²) in [6, 6.07) is 11.3. The molecule has 1 amide bonds. The Balaban J connectivity index is 1.55. The standard InChI is InChI=1S/C21H19BrN2O4S/c1-3-26-14-6-4-13(5-7-14)21-23-12(2)19(29-21)20(25)24-16-11-18-17(10-15(16)22)27-8-9-28-18/h4-7,10-11H,3,8-9H2,1-2H3,(H,24,25). The van der Waals surface area contributed by atoms with Crippen LogP contribution in [-0.2, 0) is 0 Å². The topological polar surface area (TPSA) is 69.7 Å². The van der Waals surface area contributed by atoms with Crippen molar-refractivity contribution < 1.29 is 19.0 Å². The number of hydrogen-bond donors (Lipinski definition) is 1. The zero-order valence-electron chi connectivity index (χ0n) is 16.0. The summed E-state index contributed by atoms with van der Waals surface area (Å²) in [5.41, 5.74) is 2.25. The molecule has 6 nitrogen and oxygen atoms in total. The Kier molecular flexibility index (Phi) is 5.73. The van der Waals surface area contributed by atoms with Crippen LogP contribution in [0, 0.1) is 6.92 Å². The largest absolute Gasteiger partial charge is 0.494 e. The fourth-order valence-corrected chi connectivity index (χ4v) is 4.32. The number of carbonyl (C=O) groups is 1. The lowest BCUT2D eigenvalue weighted by Gasteiger charge is -2.20. The molecule has 150 valence electrons. The van der Waals surface area contributed by atoms with E-state index in [4.69, 9.17) is 14.2 Å². The first-order chi connectivity index (χ1) is 14.0. The number of halogens is 1. The molecule has 1 aliphatic heterocycles. The van der Waals surface area contributed by atoms with Crippen LogP contribution in [0.5, 0.6) is 17.2 Å². The lowest BCUT2D eigenvalue weighted by Crippen LogP contribution is -2.17. The second-order valence-electron chi connectivity index (χ2n) is 6.32. The van der Waals surface area contributed by atoms with Gasteiger partial charge in [-0.2, -0.15) is 0 Å². The SMILES string of the molecule is CCOc1ccc(-c2nc(C)c(C(=O)Nc3cc4c(cc3Br)OCCO4)s2)cc1. The number of amides is 1. The maximum absolute atomic E-state index is 12.9. The van der Waals surface area contributed by atoms with Gasteiger partial charge in [-0.05, 0) is 54.0 Å². The average Bonchev–Trinajstić information content (AvgIpc) is 3.11. The zero-order chi connectivity index (χ0) is 20.4. The van der Waals surface area contributed by atoms with Gasteiger partial charge in [-0.1, -0.05) is 0 Å². The van der Waals surface area contributed by atoms with Gasteiger partial charge in [0.1, 0.15) is 28.8 Å². The van der Waals surface area contributed by atoms with E-state index >= 15 is 0 Å². The minimum atomic E-state index is -0.213. The Bertz CT molecular complexity index is 1050. The number of benzene rings is 2. The normalized spacial score (nSPS) is 12.5. The molecule has 1 N–H and O–H groups in total. The van der Waals surface area contributed by atoms with Crippen LogP contribution in [-0.4, -0.2) is 30.7 Å². The van der Waals surface area contributed by atoms with Crippen molar-refractivity contribution in [3.8, 4) is 27.8 Å². The number of carbonyl (C=O) groups excluding carboxylic acids is 1. The summed E-state index contributed by atoms with van der Waals surface area (Å²) >= 11 is 4.84. The minimum absolute atomic E-state index is 0.213. The molecular weight excluding hydrogens is 456 g/mol. The average molecular weight is 475 g/mol. The molecule has 0 aliphatic carbocycles. The number of ether oxygens (including phenoxy) is 3. The fraction of sp³-hybridized carbons (Fsp3) is 0.238. The highest BCUT2D eigenvalue weighted by atomic mass is 79.9. The first-order valence-electron chi connectivity index (χ1n) is 9.16. The number of anilines is 1. The Hall–Kier alpha value is -2.58. The number of aryl methyl sites for hydroxylation is 1. The molecule has 8 heteroatoms. The number of nitrogens with one attached hydrogen (secondary N) is 1. The minimum Gasteiger partial charge on any atom is -0.494 e. The Labute approximate surface area is 181 Å². The van der Waals surface area contributed by atoms with Gasteiger partial charge in [-0.3, -0.25) is 4.79 Å². The van der Waals surface area contributed by atoms with Gasteiger partial charge in [-0.25, -0.2) is 4.98 Å². The molecule has 0 unspecified atom stereocenters. The van der Waals surface area contributed by atoms with Crippen molar-refractivity contribution in [2.24, 2.45) is 0 Å². The third-order valence-electron chi connectivity index (χ3n) is 4.30. The first kappa shape index (κ1) is 19.7. The lowest BCUT2D eigenvalue weighted by molar-refractivity contribution is 0.102. The van der Waals surface area contributed by atoms with E-state index in [-0.39, 0.29) is 5.91 Å². The van der Waals surface area contributed by atoms with Crippen LogP contribution in [0.4, 0.5) is 5.69 Å². The molecule has 4 rings (SSSR count). The zero-order valence-corrected chi connectivity index (χ0v) is 18.4. The van der Waals surface area contributed by atoms with Gasteiger partial charge in [-0.15, -0.1) is 11.3 Å². The van der Waals surface area contributed by atoms with Crippen LogP contribution in [0.25, 0.3) is 10.6 Å². The lowest BCUT2D eigenvalue weighted by atomic mass is 10.2. The number of thiazole rings is 1. The van der Waals surface area contributed by atoms with Gasteiger partial charge < -0.3 is 19.5 Å². The van der Waals surface area contributed by atoms with Crippen LogP contribution in [0.15, 0.2) is 40.9 Å². The molecule has 2 aromatic carbocycles. The van der Waals surface area contributed by atoms with Crippen molar-refractivity contribution in [1.29, 1.82) is 0 Å². The van der Waals surface area contributed by atoms with Gasteiger partial charge in [0.25, 0.3) is 5.91 Å². The van der Waals surface area contributed by atoms with E-state index in [1.54, 1.807) is 12.1 Å². The second kappa shape index (κ2) is 8.42. The Morgan fingerprint density at radius 3 is 2.59 bits per heavy atom. The van der Waals surface area contributed by atoms with Crippen molar-refractivity contribution in [2.75, 3.05) is 25.1 Å². The van der Waals surface area contributed by atoms with Gasteiger partial charge >= 0.3 is 0 Å².